The lowest BCUT2D eigenvalue weighted by Gasteiger charge is -2.10. The van der Waals surface area contributed by atoms with Crippen LogP contribution in [0, 0.1) is 25.5 Å². The number of amides is 1. The van der Waals surface area contributed by atoms with Gasteiger partial charge in [-0.2, -0.15) is 5.10 Å². The molecule has 0 saturated heterocycles. The van der Waals surface area contributed by atoms with Gasteiger partial charge in [0, 0.05) is 12.4 Å². The summed E-state index contributed by atoms with van der Waals surface area (Å²) in [5.74, 6) is -1.76. The second kappa shape index (κ2) is 7.97. The standard InChI is InChI=1S/C23H18F2N6O2/c1-13-11-30-20(22(32)29-18-10-26-31-9-4-3-8-19(18)31)14(2)28-21(30)23(27-13)33-12-15-16(24)6-5-7-17(15)25/h3-11H,12H2,1-2H3,(H,29,32). The van der Waals surface area contributed by atoms with E-state index in [-0.39, 0.29) is 29.4 Å². The Morgan fingerprint density at radius 1 is 1.09 bits per heavy atom. The molecule has 0 atom stereocenters. The van der Waals surface area contributed by atoms with Crippen LogP contribution < -0.4 is 10.1 Å². The van der Waals surface area contributed by atoms with Crippen LogP contribution in [-0.2, 0) is 6.61 Å². The van der Waals surface area contributed by atoms with Gasteiger partial charge in [-0.15, -0.1) is 0 Å². The van der Waals surface area contributed by atoms with Gasteiger partial charge in [-0.1, -0.05) is 12.1 Å². The van der Waals surface area contributed by atoms with Crippen LogP contribution in [0.15, 0.2) is 55.0 Å². The molecule has 0 saturated carbocycles. The van der Waals surface area contributed by atoms with E-state index in [0.29, 0.717) is 17.1 Å². The van der Waals surface area contributed by atoms with Crippen LogP contribution in [-0.4, -0.2) is 29.9 Å². The zero-order valence-electron chi connectivity index (χ0n) is 17.7. The highest BCUT2D eigenvalue weighted by molar-refractivity contribution is 6.06. The number of pyridine rings is 1. The van der Waals surface area contributed by atoms with Crippen LogP contribution in [0.4, 0.5) is 14.5 Å². The minimum Gasteiger partial charge on any atom is -0.470 e. The maximum Gasteiger partial charge on any atom is 0.274 e. The van der Waals surface area contributed by atoms with E-state index in [1.54, 1.807) is 41.4 Å². The summed E-state index contributed by atoms with van der Waals surface area (Å²) in [5.41, 5.74) is 2.60. The maximum atomic E-state index is 14.0. The normalized spacial score (nSPS) is 11.3. The zero-order chi connectivity index (χ0) is 23.1. The molecule has 10 heteroatoms. The number of ether oxygens (including phenoxy) is 1. The molecule has 0 unspecified atom stereocenters. The number of carbonyl (C=O) groups excluding carboxylic acids is 1. The molecule has 0 radical (unpaired) electrons. The van der Waals surface area contributed by atoms with Crippen LogP contribution in [0.25, 0.3) is 11.2 Å². The van der Waals surface area contributed by atoms with Gasteiger partial charge in [0.2, 0.25) is 5.65 Å². The van der Waals surface area contributed by atoms with Crippen molar-refractivity contribution in [3.05, 3.63) is 89.3 Å². The van der Waals surface area contributed by atoms with Crippen molar-refractivity contribution >= 4 is 22.8 Å². The Kier molecular flexibility index (Phi) is 4.97. The molecule has 4 aromatic heterocycles. The average Bonchev–Trinajstić information content (AvgIpc) is 3.33. The fraction of sp³-hybridized carbons (Fsp3) is 0.130. The van der Waals surface area contributed by atoms with Crippen LogP contribution >= 0.6 is 0 Å². The molecule has 0 bridgehead atoms. The molecule has 5 aromatic rings. The van der Waals surface area contributed by atoms with Gasteiger partial charge < -0.3 is 10.1 Å². The molecule has 0 fully saturated rings. The number of anilines is 1. The maximum absolute atomic E-state index is 14.0. The summed E-state index contributed by atoms with van der Waals surface area (Å²) in [6, 6.07) is 9.12. The smallest absolute Gasteiger partial charge is 0.274 e. The molecule has 1 amide bonds. The third kappa shape index (κ3) is 3.65. The first-order chi connectivity index (χ1) is 15.9. The summed E-state index contributed by atoms with van der Waals surface area (Å²) in [6.45, 7) is 3.03. The number of nitrogens with one attached hydrogen (secondary N) is 1. The van der Waals surface area contributed by atoms with Crippen LogP contribution in [0.3, 0.4) is 0 Å². The number of benzene rings is 1. The highest BCUT2D eigenvalue weighted by Gasteiger charge is 2.22. The van der Waals surface area contributed by atoms with Gasteiger partial charge in [0.05, 0.1) is 34.4 Å². The van der Waals surface area contributed by atoms with Gasteiger partial charge in [-0.3, -0.25) is 9.20 Å². The van der Waals surface area contributed by atoms with Crippen LogP contribution in [0.5, 0.6) is 5.88 Å². The van der Waals surface area contributed by atoms with Gasteiger partial charge in [0.15, 0.2) is 0 Å². The molecule has 0 aliphatic heterocycles. The van der Waals surface area contributed by atoms with E-state index in [0.717, 1.165) is 17.6 Å². The van der Waals surface area contributed by atoms with Crippen LogP contribution in [0.2, 0.25) is 0 Å². The van der Waals surface area contributed by atoms with Crippen molar-refractivity contribution in [3.8, 4) is 5.88 Å². The summed E-state index contributed by atoms with van der Waals surface area (Å²) in [5, 5.41) is 7.09. The molecular formula is C23H18F2N6O2. The Morgan fingerprint density at radius 2 is 1.88 bits per heavy atom. The molecule has 5 rings (SSSR count). The lowest BCUT2D eigenvalue weighted by molar-refractivity contribution is 0.102. The minimum absolute atomic E-state index is 0.0655. The highest BCUT2D eigenvalue weighted by Crippen LogP contribution is 2.24. The van der Waals surface area contributed by atoms with Crippen molar-refractivity contribution < 1.29 is 18.3 Å². The Hall–Kier alpha value is -4.34. The van der Waals surface area contributed by atoms with E-state index in [1.165, 1.54) is 6.07 Å². The molecule has 1 N–H and O–H groups in total. The van der Waals surface area contributed by atoms with Crippen molar-refractivity contribution in [3.63, 3.8) is 0 Å². The zero-order valence-corrected chi connectivity index (χ0v) is 17.7. The topological polar surface area (TPSA) is 85.8 Å². The number of hydrogen-bond donors (Lipinski definition) is 1. The van der Waals surface area contributed by atoms with Crippen molar-refractivity contribution in [2.45, 2.75) is 20.5 Å². The summed E-state index contributed by atoms with van der Waals surface area (Å²) < 4.78 is 36.8. The molecule has 1 aromatic carbocycles. The Morgan fingerprint density at radius 3 is 2.67 bits per heavy atom. The van der Waals surface area contributed by atoms with E-state index in [1.807, 2.05) is 18.2 Å². The van der Waals surface area contributed by atoms with Crippen molar-refractivity contribution in [2.24, 2.45) is 0 Å². The second-order valence-electron chi connectivity index (χ2n) is 7.46. The third-order valence-corrected chi connectivity index (χ3v) is 5.18. The number of fused-ring (bicyclic) bond motifs is 2. The van der Waals surface area contributed by atoms with Gasteiger partial charge in [-0.05, 0) is 38.1 Å². The third-order valence-electron chi connectivity index (χ3n) is 5.18. The number of halogens is 2. The van der Waals surface area contributed by atoms with Gasteiger partial charge >= 0.3 is 0 Å². The van der Waals surface area contributed by atoms with E-state index >= 15 is 0 Å². The first kappa shape index (κ1) is 20.6. The van der Waals surface area contributed by atoms with Crippen molar-refractivity contribution in [1.29, 1.82) is 0 Å². The SMILES string of the molecule is Cc1cn2c(C(=O)Nc3cnn4ccccc34)c(C)nc2c(OCc2c(F)cccc2F)n1. The minimum atomic E-state index is -0.716. The Bertz CT molecular complexity index is 1500. The number of imidazole rings is 1. The van der Waals surface area contributed by atoms with E-state index < -0.39 is 17.5 Å². The monoisotopic (exact) mass is 448 g/mol. The second-order valence-corrected chi connectivity index (χ2v) is 7.46. The number of hydrogen-bond acceptors (Lipinski definition) is 5. The number of aromatic nitrogens is 5. The molecule has 166 valence electrons. The quantitative estimate of drug-likeness (QED) is 0.438. The fourth-order valence-electron chi connectivity index (χ4n) is 3.64. The first-order valence-electron chi connectivity index (χ1n) is 10.1. The first-order valence-corrected chi connectivity index (χ1v) is 10.1. The van der Waals surface area contributed by atoms with Gasteiger partial charge in [0.25, 0.3) is 11.8 Å². The molecular weight excluding hydrogens is 430 g/mol. The number of carbonyl (C=O) groups is 1. The number of aryl methyl sites for hydroxylation is 2. The summed E-state index contributed by atoms with van der Waals surface area (Å²) >= 11 is 0. The molecule has 33 heavy (non-hydrogen) atoms. The fourth-order valence-corrected chi connectivity index (χ4v) is 3.64. The van der Waals surface area contributed by atoms with E-state index in [2.05, 4.69) is 20.4 Å². The average molecular weight is 448 g/mol. The Labute approximate surface area is 186 Å². The molecule has 0 spiro atoms. The molecule has 0 aliphatic rings. The van der Waals surface area contributed by atoms with E-state index in [9.17, 15) is 13.6 Å². The highest BCUT2D eigenvalue weighted by atomic mass is 19.1. The Balaban J connectivity index is 1.50. The predicted molar refractivity (Wildman–Crippen MR) is 116 cm³/mol. The summed E-state index contributed by atoms with van der Waals surface area (Å²) in [6.07, 6.45) is 4.99. The van der Waals surface area contributed by atoms with Crippen molar-refractivity contribution in [1.82, 2.24) is 24.0 Å². The number of nitrogens with zero attached hydrogens (tertiary/aromatic N) is 5. The number of rotatable bonds is 5. The summed E-state index contributed by atoms with van der Waals surface area (Å²) in [7, 11) is 0. The lowest BCUT2D eigenvalue weighted by Crippen LogP contribution is -2.16. The molecule has 0 aliphatic carbocycles. The molecule has 4 heterocycles. The van der Waals surface area contributed by atoms with Gasteiger partial charge in [0.1, 0.15) is 23.9 Å². The van der Waals surface area contributed by atoms with E-state index in [4.69, 9.17) is 4.74 Å². The lowest BCUT2D eigenvalue weighted by atomic mass is 10.2. The van der Waals surface area contributed by atoms with Crippen molar-refractivity contribution in [2.75, 3.05) is 5.32 Å². The summed E-state index contributed by atoms with van der Waals surface area (Å²) in [4.78, 5) is 21.9. The predicted octanol–water partition coefficient (Wildman–Crippen LogP) is 4.10. The van der Waals surface area contributed by atoms with Crippen LogP contribution in [0.1, 0.15) is 27.4 Å². The largest absolute Gasteiger partial charge is 0.470 e. The molecule has 8 nitrogen and oxygen atoms in total. The van der Waals surface area contributed by atoms with Gasteiger partial charge in [-0.25, -0.2) is 23.3 Å².